The van der Waals surface area contributed by atoms with Crippen molar-refractivity contribution < 1.29 is 0 Å². The first-order valence-corrected chi connectivity index (χ1v) is 6.47. The van der Waals surface area contributed by atoms with Crippen LogP contribution in [0.1, 0.15) is 66.2 Å². The molecule has 0 aromatic carbocycles. The molecule has 0 fully saturated rings. The van der Waals surface area contributed by atoms with Crippen molar-refractivity contribution in [2.75, 3.05) is 6.54 Å². The number of nitrogens with one attached hydrogen (secondary N) is 1. The molecule has 0 heterocycles. The Morgan fingerprint density at radius 3 is 2.29 bits per heavy atom. The van der Waals surface area contributed by atoms with E-state index in [1.165, 1.54) is 38.5 Å². The smallest absolute Gasteiger partial charge is 0.00694 e. The molecule has 1 N–H and O–H groups in total. The summed E-state index contributed by atoms with van der Waals surface area (Å²) in [6.45, 7) is 10.3. The predicted molar refractivity (Wildman–Crippen MR) is 65.7 cm³/mol. The SMILES string of the molecule is CCCCCC(CC(C)CC)NCC. The molecule has 0 saturated carbocycles. The Bertz CT molecular complexity index is 112. The van der Waals surface area contributed by atoms with Crippen LogP contribution in [0.15, 0.2) is 0 Å². The lowest BCUT2D eigenvalue weighted by atomic mass is 9.95. The zero-order chi connectivity index (χ0) is 10.8. The van der Waals surface area contributed by atoms with E-state index in [0.717, 1.165) is 18.5 Å². The second kappa shape index (κ2) is 9.51. The van der Waals surface area contributed by atoms with E-state index in [4.69, 9.17) is 0 Å². The predicted octanol–water partition coefficient (Wildman–Crippen LogP) is 3.98. The average Bonchev–Trinajstić information content (AvgIpc) is 2.18. The number of hydrogen-bond acceptors (Lipinski definition) is 1. The van der Waals surface area contributed by atoms with Crippen molar-refractivity contribution in [3.8, 4) is 0 Å². The first kappa shape index (κ1) is 14.0. The van der Waals surface area contributed by atoms with Crippen LogP contribution in [-0.2, 0) is 0 Å². The van der Waals surface area contributed by atoms with Crippen molar-refractivity contribution >= 4 is 0 Å². The summed E-state index contributed by atoms with van der Waals surface area (Å²) in [5.41, 5.74) is 0. The van der Waals surface area contributed by atoms with E-state index in [-0.39, 0.29) is 0 Å². The molecule has 2 unspecified atom stereocenters. The Hall–Kier alpha value is -0.0400. The molecule has 1 heteroatoms. The molecule has 0 saturated heterocycles. The molecule has 86 valence electrons. The first-order chi connectivity index (χ1) is 6.74. The summed E-state index contributed by atoms with van der Waals surface area (Å²) < 4.78 is 0. The van der Waals surface area contributed by atoms with Crippen LogP contribution in [0.4, 0.5) is 0 Å². The standard InChI is InChI=1S/C13H29N/c1-5-8-9-10-13(14-7-3)11-12(4)6-2/h12-14H,5-11H2,1-4H3. The summed E-state index contributed by atoms with van der Waals surface area (Å²) in [5, 5.41) is 3.61. The molecule has 0 rings (SSSR count). The van der Waals surface area contributed by atoms with Crippen molar-refractivity contribution in [2.45, 2.75) is 72.3 Å². The molecule has 0 amide bonds. The molecule has 0 spiro atoms. The first-order valence-electron chi connectivity index (χ1n) is 6.47. The van der Waals surface area contributed by atoms with E-state index in [1.807, 2.05) is 0 Å². The fourth-order valence-corrected chi connectivity index (χ4v) is 1.89. The van der Waals surface area contributed by atoms with E-state index in [9.17, 15) is 0 Å². The lowest BCUT2D eigenvalue weighted by Gasteiger charge is -2.21. The highest BCUT2D eigenvalue weighted by Crippen LogP contribution is 2.14. The second-order valence-corrected chi connectivity index (χ2v) is 4.50. The lowest BCUT2D eigenvalue weighted by molar-refractivity contribution is 0.373. The van der Waals surface area contributed by atoms with Crippen molar-refractivity contribution in [2.24, 2.45) is 5.92 Å². The summed E-state index contributed by atoms with van der Waals surface area (Å²) in [7, 11) is 0. The molecule has 0 aliphatic rings. The van der Waals surface area contributed by atoms with Crippen LogP contribution in [0.2, 0.25) is 0 Å². The zero-order valence-corrected chi connectivity index (χ0v) is 10.6. The molecule has 14 heavy (non-hydrogen) atoms. The fourth-order valence-electron chi connectivity index (χ4n) is 1.89. The van der Waals surface area contributed by atoms with E-state index in [0.29, 0.717) is 0 Å². The van der Waals surface area contributed by atoms with Gasteiger partial charge in [0.2, 0.25) is 0 Å². The molecule has 0 radical (unpaired) electrons. The Morgan fingerprint density at radius 2 is 1.79 bits per heavy atom. The summed E-state index contributed by atoms with van der Waals surface area (Å²) >= 11 is 0. The van der Waals surface area contributed by atoms with Crippen LogP contribution in [0.5, 0.6) is 0 Å². The minimum atomic E-state index is 0.765. The highest BCUT2D eigenvalue weighted by molar-refractivity contribution is 4.69. The quantitative estimate of drug-likeness (QED) is 0.554. The van der Waals surface area contributed by atoms with Gasteiger partial charge in [0, 0.05) is 6.04 Å². The van der Waals surface area contributed by atoms with E-state index in [1.54, 1.807) is 0 Å². The van der Waals surface area contributed by atoms with Crippen LogP contribution >= 0.6 is 0 Å². The Labute approximate surface area is 90.7 Å². The Morgan fingerprint density at radius 1 is 1.07 bits per heavy atom. The molecular formula is C13H29N. The van der Waals surface area contributed by atoms with Gasteiger partial charge in [-0.05, 0) is 25.3 Å². The molecule has 0 aromatic heterocycles. The maximum absolute atomic E-state index is 3.61. The van der Waals surface area contributed by atoms with Crippen LogP contribution in [0.25, 0.3) is 0 Å². The number of unbranched alkanes of at least 4 members (excludes halogenated alkanes) is 2. The summed E-state index contributed by atoms with van der Waals surface area (Å²) in [6, 6.07) is 0.765. The van der Waals surface area contributed by atoms with Gasteiger partial charge in [-0.2, -0.15) is 0 Å². The lowest BCUT2D eigenvalue weighted by Crippen LogP contribution is -2.30. The van der Waals surface area contributed by atoms with Gasteiger partial charge in [0.25, 0.3) is 0 Å². The molecule has 0 aliphatic heterocycles. The number of rotatable bonds is 9. The van der Waals surface area contributed by atoms with Crippen LogP contribution < -0.4 is 5.32 Å². The van der Waals surface area contributed by atoms with Crippen molar-refractivity contribution in [3.05, 3.63) is 0 Å². The third-order valence-electron chi connectivity index (χ3n) is 3.03. The fraction of sp³-hybridized carbons (Fsp3) is 1.00. The Kier molecular flexibility index (Phi) is 9.49. The highest BCUT2D eigenvalue weighted by Gasteiger charge is 2.10. The van der Waals surface area contributed by atoms with E-state index >= 15 is 0 Å². The van der Waals surface area contributed by atoms with Gasteiger partial charge in [-0.15, -0.1) is 0 Å². The molecular weight excluding hydrogens is 170 g/mol. The monoisotopic (exact) mass is 199 g/mol. The maximum Gasteiger partial charge on any atom is 0.00694 e. The molecule has 0 bridgehead atoms. The van der Waals surface area contributed by atoms with Crippen LogP contribution in [0, 0.1) is 5.92 Å². The summed E-state index contributed by atoms with van der Waals surface area (Å²) in [6.07, 6.45) is 8.16. The van der Waals surface area contributed by atoms with Gasteiger partial charge in [-0.3, -0.25) is 0 Å². The van der Waals surface area contributed by atoms with Gasteiger partial charge in [-0.1, -0.05) is 53.4 Å². The molecule has 1 nitrogen and oxygen atoms in total. The maximum atomic E-state index is 3.61. The van der Waals surface area contributed by atoms with Gasteiger partial charge in [0.15, 0.2) is 0 Å². The van der Waals surface area contributed by atoms with Crippen molar-refractivity contribution in [1.82, 2.24) is 5.32 Å². The van der Waals surface area contributed by atoms with Gasteiger partial charge < -0.3 is 5.32 Å². The van der Waals surface area contributed by atoms with E-state index < -0.39 is 0 Å². The normalized spacial score (nSPS) is 15.4. The topological polar surface area (TPSA) is 12.0 Å². The Balaban J connectivity index is 3.65. The largest absolute Gasteiger partial charge is 0.314 e. The highest BCUT2D eigenvalue weighted by atomic mass is 14.9. The van der Waals surface area contributed by atoms with Gasteiger partial charge in [0.05, 0.1) is 0 Å². The second-order valence-electron chi connectivity index (χ2n) is 4.50. The van der Waals surface area contributed by atoms with Crippen LogP contribution in [-0.4, -0.2) is 12.6 Å². The minimum Gasteiger partial charge on any atom is -0.314 e. The summed E-state index contributed by atoms with van der Waals surface area (Å²) in [5.74, 6) is 0.876. The van der Waals surface area contributed by atoms with Gasteiger partial charge in [-0.25, -0.2) is 0 Å². The van der Waals surface area contributed by atoms with Crippen molar-refractivity contribution in [3.63, 3.8) is 0 Å². The van der Waals surface area contributed by atoms with Gasteiger partial charge >= 0.3 is 0 Å². The zero-order valence-electron chi connectivity index (χ0n) is 10.6. The summed E-state index contributed by atoms with van der Waals surface area (Å²) in [4.78, 5) is 0. The van der Waals surface area contributed by atoms with Crippen molar-refractivity contribution in [1.29, 1.82) is 0 Å². The van der Waals surface area contributed by atoms with Crippen LogP contribution in [0.3, 0.4) is 0 Å². The van der Waals surface area contributed by atoms with Gasteiger partial charge in [0.1, 0.15) is 0 Å². The molecule has 2 atom stereocenters. The molecule has 0 aliphatic carbocycles. The average molecular weight is 199 g/mol. The minimum absolute atomic E-state index is 0.765. The third-order valence-corrected chi connectivity index (χ3v) is 3.03. The molecule has 0 aromatic rings. The third kappa shape index (κ3) is 7.37. The number of hydrogen-bond donors (Lipinski definition) is 1. The van der Waals surface area contributed by atoms with E-state index in [2.05, 4.69) is 33.0 Å².